The Balaban J connectivity index is 1.40. The first-order chi connectivity index (χ1) is 24.5. The van der Waals surface area contributed by atoms with Crippen LogP contribution in [0.1, 0.15) is 50.4 Å². The third-order valence-corrected chi connectivity index (χ3v) is 10.6. The Morgan fingerprint density at radius 3 is 2.49 bits per heavy atom. The number of hydrogen-bond donors (Lipinski definition) is 3. The van der Waals surface area contributed by atoms with E-state index in [0.29, 0.717) is 24.5 Å². The number of aliphatic hydroxyl groups is 1. The normalized spacial score (nSPS) is 19.7. The van der Waals surface area contributed by atoms with Crippen LogP contribution in [0, 0.1) is 5.92 Å². The summed E-state index contributed by atoms with van der Waals surface area (Å²) < 4.78 is 41.6. The number of hydrogen-bond acceptors (Lipinski definition) is 7. The Hall–Kier alpha value is -4.65. The van der Waals surface area contributed by atoms with Crippen LogP contribution in [-0.4, -0.2) is 86.9 Å². The molecule has 3 N–H and O–H groups in total. The minimum Gasteiger partial charge on any atom is -0.490 e. The quantitative estimate of drug-likeness (QED) is 0.187. The molecule has 4 atom stereocenters. The summed E-state index contributed by atoms with van der Waals surface area (Å²) in [5.41, 5.74) is 1.08. The average Bonchev–Trinajstić information content (AvgIpc) is 3.13. The Labute approximate surface area is 300 Å². The number of benzene rings is 4. The standard InChI is InChI=1S/C39H48N4O7S/c1-27-24-43(28(2)26-44)38(45)34-23-31(41-51(47,48)32-16-6-5-7-17-32)20-21-36(34)50-29(3)13-10-11-22-49-37(27)25-42(4)39(46)40-35-19-12-15-30-14-8-9-18-33(30)35/h5-9,12,14-21,23,27-29,37,41,44H,10-11,13,22,24-26H2,1-4H3,(H,40,46)/t27-,28-,29-,37+/m1/s1. The summed E-state index contributed by atoms with van der Waals surface area (Å²) in [4.78, 5) is 31.1. The van der Waals surface area contributed by atoms with E-state index in [1.54, 1.807) is 54.1 Å². The highest BCUT2D eigenvalue weighted by atomic mass is 32.2. The second-order valence-corrected chi connectivity index (χ2v) is 14.9. The van der Waals surface area contributed by atoms with Gasteiger partial charge in [0.1, 0.15) is 5.75 Å². The molecule has 3 amide bonds. The molecule has 0 bridgehead atoms. The van der Waals surface area contributed by atoms with Gasteiger partial charge in [0.25, 0.3) is 15.9 Å². The minimum atomic E-state index is -3.93. The zero-order valence-electron chi connectivity index (χ0n) is 29.6. The number of anilines is 2. The van der Waals surface area contributed by atoms with Gasteiger partial charge in [-0.25, -0.2) is 13.2 Å². The molecule has 0 spiro atoms. The van der Waals surface area contributed by atoms with Crippen molar-refractivity contribution in [3.8, 4) is 5.75 Å². The van der Waals surface area contributed by atoms with Crippen LogP contribution in [0.2, 0.25) is 0 Å². The molecule has 0 unspecified atom stereocenters. The topological polar surface area (TPSA) is 138 Å². The number of amides is 3. The molecule has 1 heterocycles. The van der Waals surface area contributed by atoms with E-state index in [1.165, 1.54) is 18.2 Å². The van der Waals surface area contributed by atoms with E-state index in [0.717, 1.165) is 23.6 Å². The summed E-state index contributed by atoms with van der Waals surface area (Å²) in [5, 5.41) is 15.3. The lowest BCUT2D eigenvalue weighted by atomic mass is 10.0. The van der Waals surface area contributed by atoms with Gasteiger partial charge < -0.3 is 29.7 Å². The minimum absolute atomic E-state index is 0.0902. The van der Waals surface area contributed by atoms with E-state index in [2.05, 4.69) is 10.0 Å². The Morgan fingerprint density at radius 2 is 1.73 bits per heavy atom. The van der Waals surface area contributed by atoms with Gasteiger partial charge in [0.15, 0.2) is 0 Å². The van der Waals surface area contributed by atoms with E-state index in [1.807, 2.05) is 56.3 Å². The average molecular weight is 717 g/mol. The lowest BCUT2D eigenvalue weighted by Crippen LogP contribution is -2.48. The van der Waals surface area contributed by atoms with Crippen LogP contribution in [0.15, 0.2) is 95.9 Å². The molecule has 4 aromatic carbocycles. The molecule has 5 rings (SSSR count). The molecule has 1 aliphatic heterocycles. The zero-order chi connectivity index (χ0) is 36.5. The van der Waals surface area contributed by atoms with E-state index in [9.17, 15) is 23.1 Å². The monoisotopic (exact) mass is 716 g/mol. The van der Waals surface area contributed by atoms with Crippen LogP contribution in [0.5, 0.6) is 5.75 Å². The molecular weight excluding hydrogens is 669 g/mol. The number of urea groups is 1. The molecule has 1 aliphatic rings. The highest BCUT2D eigenvalue weighted by Crippen LogP contribution is 2.30. The maximum atomic E-state index is 14.4. The number of nitrogens with zero attached hydrogens (tertiary/aromatic N) is 2. The molecule has 0 aliphatic carbocycles. The fraction of sp³-hybridized carbons (Fsp3) is 0.385. The lowest BCUT2D eigenvalue weighted by Gasteiger charge is -2.35. The van der Waals surface area contributed by atoms with E-state index < -0.39 is 28.1 Å². The maximum absolute atomic E-state index is 14.4. The van der Waals surface area contributed by atoms with Crippen LogP contribution in [0.25, 0.3) is 10.8 Å². The van der Waals surface area contributed by atoms with Crippen molar-refractivity contribution in [1.29, 1.82) is 0 Å². The van der Waals surface area contributed by atoms with Crippen LogP contribution in [0.4, 0.5) is 16.2 Å². The van der Waals surface area contributed by atoms with Crippen LogP contribution in [-0.2, 0) is 14.8 Å². The van der Waals surface area contributed by atoms with Crippen molar-refractivity contribution in [1.82, 2.24) is 9.80 Å². The van der Waals surface area contributed by atoms with Crippen molar-refractivity contribution in [3.63, 3.8) is 0 Å². The molecule has 11 nitrogen and oxygen atoms in total. The van der Waals surface area contributed by atoms with Crippen LogP contribution in [0.3, 0.4) is 0 Å². The number of aliphatic hydroxyl groups excluding tert-OH is 1. The zero-order valence-corrected chi connectivity index (χ0v) is 30.4. The molecule has 272 valence electrons. The second-order valence-electron chi connectivity index (χ2n) is 13.3. The number of carbonyl (C=O) groups excluding carboxylic acids is 2. The smallest absolute Gasteiger partial charge is 0.321 e. The summed E-state index contributed by atoms with van der Waals surface area (Å²) in [6.45, 7) is 6.25. The van der Waals surface area contributed by atoms with Gasteiger partial charge in [-0.05, 0) is 74.9 Å². The number of nitrogens with one attached hydrogen (secondary N) is 2. The number of likely N-dealkylation sites (N-methyl/N-ethyl adjacent to an activating group) is 1. The highest BCUT2D eigenvalue weighted by molar-refractivity contribution is 7.92. The summed E-state index contributed by atoms with van der Waals surface area (Å²) in [7, 11) is -2.21. The molecule has 0 saturated heterocycles. The fourth-order valence-corrected chi connectivity index (χ4v) is 7.23. The van der Waals surface area contributed by atoms with Gasteiger partial charge in [-0.3, -0.25) is 9.52 Å². The van der Waals surface area contributed by atoms with Gasteiger partial charge in [-0.2, -0.15) is 0 Å². The van der Waals surface area contributed by atoms with Crippen LogP contribution < -0.4 is 14.8 Å². The van der Waals surface area contributed by atoms with Crippen molar-refractivity contribution in [2.24, 2.45) is 5.92 Å². The first-order valence-corrected chi connectivity index (χ1v) is 18.9. The highest BCUT2D eigenvalue weighted by Gasteiger charge is 2.31. The SMILES string of the molecule is C[C@@H]1CCCCO[C@@H](CN(C)C(=O)Nc2cccc3ccccc23)[C@H](C)CN([C@H](C)CO)C(=O)c2cc(NS(=O)(=O)c3ccccc3)ccc2O1. The van der Waals surface area contributed by atoms with Crippen molar-refractivity contribution in [3.05, 3.63) is 96.6 Å². The molecule has 0 radical (unpaired) electrons. The molecule has 0 fully saturated rings. The third-order valence-electron chi connectivity index (χ3n) is 9.19. The van der Waals surface area contributed by atoms with Crippen LogP contribution >= 0.6 is 0 Å². The molecule has 51 heavy (non-hydrogen) atoms. The first kappa shape index (κ1) is 37.6. The van der Waals surface area contributed by atoms with Crippen molar-refractivity contribution >= 4 is 44.1 Å². The summed E-state index contributed by atoms with van der Waals surface area (Å²) in [6, 6.07) is 25.4. The van der Waals surface area contributed by atoms with Crippen molar-refractivity contribution < 1.29 is 32.6 Å². The predicted octanol–water partition coefficient (Wildman–Crippen LogP) is 6.60. The predicted molar refractivity (Wildman–Crippen MR) is 200 cm³/mol. The van der Waals surface area contributed by atoms with Crippen molar-refractivity contribution in [2.45, 2.75) is 63.2 Å². The van der Waals surface area contributed by atoms with Gasteiger partial charge in [-0.15, -0.1) is 0 Å². The number of carbonyl (C=O) groups is 2. The van der Waals surface area contributed by atoms with Crippen molar-refractivity contribution in [2.75, 3.05) is 43.4 Å². The first-order valence-electron chi connectivity index (χ1n) is 17.4. The van der Waals surface area contributed by atoms with Gasteiger partial charge in [0, 0.05) is 43.7 Å². The fourth-order valence-electron chi connectivity index (χ4n) is 6.16. The van der Waals surface area contributed by atoms with E-state index in [4.69, 9.17) is 9.47 Å². The Kier molecular flexibility index (Phi) is 12.6. The molecule has 0 saturated carbocycles. The lowest BCUT2D eigenvalue weighted by molar-refractivity contribution is -0.0115. The van der Waals surface area contributed by atoms with Gasteiger partial charge >= 0.3 is 6.03 Å². The molecule has 0 aromatic heterocycles. The largest absolute Gasteiger partial charge is 0.490 e. The van der Waals surface area contributed by atoms with Gasteiger partial charge in [0.05, 0.1) is 41.0 Å². The van der Waals surface area contributed by atoms with E-state index >= 15 is 0 Å². The summed E-state index contributed by atoms with van der Waals surface area (Å²) in [6.07, 6.45) is 1.60. The third kappa shape index (κ3) is 9.57. The number of rotatable bonds is 8. The summed E-state index contributed by atoms with van der Waals surface area (Å²) in [5.74, 6) is -0.362. The maximum Gasteiger partial charge on any atom is 0.321 e. The number of fused-ring (bicyclic) bond motifs is 2. The Morgan fingerprint density at radius 1 is 1.00 bits per heavy atom. The van der Waals surface area contributed by atoms with E-state index in [-0.39, 0.29) is 53.9 Å². The van der Waals surface area contributed by atoms with Gasteiger partial charge in [0.2, 0.25) is 0 Å². The second kappa shape index (κ2) is 17.0. The summed E-state index contributed by atoms with van der Waals surface area (Å²) >= 11 is 0. The number of sulfonamides is 1. The Bertz CT molecular complexity index is 1900. The molecular formula is C39H48N4O7S. The molecule has 12 heteroatoms. The molecule has 4 aromatic rings. The number of ether oxygens (including phenoxy) is 2. The van der Waals surface area contributed by atoms with Gasteiger partial charge in [-0.1, -0.05) is 61.5 Å².